The molecule has 30 heavy (non-hydrogen) atoms. The highest BCUT2D eigenvalue weighted by atomic mass is 32.1. The average molecular weight is 433 g/mol. The van der Waals surface area contributed by atoms with E-state index in [-0.39, 0.29) is 18.0 Å². The molecule has 2 aromatic rings. The maximum absolute atomic E-state index is 12.4. The number of hydrogen-bond donors (Lipinski definition) is 3. The molecule has 4 rings (SSSR count). The van der Waals surface area contributed by atoms with Gasteiger partial charge in [-0.3, -0.25) is 4.79 Å². The molecule has 1 atom stereocenters. The molecule has 1 fully saturated rings. The van der Waals surface area contributed by atoms with Gasteiger partial charge >= 0.3 is 0 Å². The standard InChI is InChI=1S/C22H33N5O2S/c1-14-5-6-15-16(11-14)30-21-19(15)20(23-12-18(28)26-22(2,3)4)24-17(25-21)13-27-7-9-29-10-8-27/h14H,5-13H2,1-4H3,(H,26,28)(H,23,24,25)/p+1/t14-/m0/s1. The average Bonchev–Trinajstić information content (AvgIpc) is 3.03. The second-order valence-corrected chi connectivity index (χ2v) is 10.8. The van der Waals surface area contributed by atoms with Crippen LogP contribution in [0, 0.1) is 5.92 Å². The number of morpholine rings is 1. The van der Waals surface area contributed by atoms with Crippen LogP contribution in [-0.2, 0) is 28.9 Å². The van der Waals surface area contributed by atoms with Gasteiger partial charge in [0.15, 0.2) is 5.82 Å². The molecule has 7 nitrogen and oxygen atoms in total. The molecule has 2 aromatic heterocycles. The fourth-order valence-corrected chi connectivity index (χ4v) is 5.68. The molecule has 8 heteroatoms. The van der Waals surface area contributed by atoms with Gasteiger partial charge in [-0.1, -0.05) is 6.92 Å². The van der Waals surface area contributed by atoms with Crippen molar-refractivity contribution in [2.24, 2.45) is 5.92 Å². The van der Waals surface area contributed by atoms with Crippen molar-refractivity contribution in [3.05, 3.63) is 16.3 Å². The van der Waals surface area contributed by atoms with Gasteiger partial charge in [-0.05, 0) is 51.5 Å². The summed E-state index contributed by atoms with van der Waals surface area (Å²) in [6.45, 7) is 12.9. The summed E-state index contributed by atoms with van der Waals surface area (Å²) < 4.78 is 5.48. The van der Waals surface area contributed by atoms with Crippen molar-refractivity contribution in [3.63, 3.8) is 0 Å². The lowest BCUT2D eigenvalue weighted by molar-refractivity contribution is -0.922. The van der Waals surface area contributed by atoms with E-state index in [1.807, 2.05) is 32.1 Å². The minimum atomic E-state index is -0.248. The summed E-state index contributed by atoms with van der Waals surface area (Å²) in [5, 5.41) is 7.49. The molecule has 3 heterocycles. The first-order valence-electron chi connectivity index (χ1n) is 11.1. The highest BCUT2D eigenvalue weighted by Gasteiger charge is 2.25. The molecular weight excluding hydrogens is 398 g/mol. The Balaban J connectivity index is 1.63. The first-order chi connectivity index (χ1) is 14.3. The van der Waals surface area contributed by atoms with Crippen LogP contribution in [-0.4, -0.2) is 54.3 Å². The third kappa shape index (κ3) is 5.10. The summed E-state index contributed by atoms with van der Waals surface area (Å²) in [5.74, 6) is 2.36. The predicted octanol–water partition coefficient (Wildman–Crippen LogP) is 1.56. The fourth-order valence-electron chi connectivity index (χ4n) is 4.28. The second-order valence-electron chi connectivity index (χ2n) is 9.71. The Hall–Kier alpha value is -1.77. The lowest BCUT2D eigenvalue weighted by Crippen LogP contribution is -3.12. The second kappa shape index (κ2) is 8.77. The van der Waals surface area contributed by atoms with Crippen molar-refractivity contribution in [1.82, 2.24) is 15.3 Å². The first kappa shape index (κ1) is 21.5. The monoisotopic (exact) mass is 432 g/mol. The van der Waals surface area contributed by atoms with Crippen LogP contribution in [0.3, 0.4) is 0 Å². The molecule has 1 amide bonds. The number of aryl methyl sites for hydroxylation is 1. The van der Waals surface area contributed by atoms with Crippen molar-refractivity contribution < 1.29 is 14.4 Å². The van der Waals surface area contributed by atoms with Gasteiger partial charge in [0, 0.05) is 10.4 Å². The maximum atomic E-state index is 12.4. The Labute approximate surface area is 182 Å². The number of carbonyl (C=O) groups excluding carboxylic acids is 1. The minimum absolute atomic E-state index is 0.0210. The Bertz CT molecular complexity index is 914. The van der Waals surface area contributed by atoms with Gasteiger partial charge in [0.05, 0.1) is 25.1 Å². The highest BCUT2D eigenvalue weighted by molar-refractivity contribution is 7.19. The van der Waals surface area contributed by atoms with Crippen LogP contribution >= 0.6 is 11.3 Å². The number of amides is 1. The summed E-state index contributed by atoms with van der Waals surface area (Å²) in [6.07, 6.45) is 3.38. The van der Waals surface area contributed by atoms with Gasteiger partial charge < -0.3 is 20.3 Å². The van der Waals surface area contributed by atoms with Gasteiger partial charge in [0.2, 0.25) is 5.91 Å². The van der Waals surface area contributed by atoms with Crippen LogP contribution < -0.4 is 15.5 Å². The molecule has 0 unspecified atom stereocenters. The lowest BCUT2D eigenvalue weighted by Gasteiger charge is -2.23. The van der Waals surface area contributed by atoms with Crippen LogP contribution in [0.25, 0.3) is 10.2 Å². The zero-order valence-corrected chi connectivity index (χ0v) is 19.4. The number of nitrogens with zero attached hydrogens (tertiary/aromatic N) is 2. The molecule has 0 spiro atoms. The Morgan fingerprint density at radius 1 is 1.27 bits per heavy atom. The van der Waals surface area contributed by atoms with Crippen molar-refractivity contribution in [1.29, 1.82) is 0 Å². The first-order valence-corrected chi connectivity index (χ1v) is 11.9. The highest BCUT2D eigenvalue weighted by Crippen LogP contribution is 2.39. The molecule has 2 aliphatic rings. The number of hydrogen-bond acceptors (Lipinski definition) is 6. The van der Waals surface area contributed by atoms with Gasteiger partial charge in [-0.25, -0.2) is 9.97 Å². The number of ether oxygens (including phenoxy) is 1. The molecular formula is C22H34N5O2S+. The van der Waals surface area contributed by atoms with Gasteiger partial charge in [-0.2, -0.15) is 0 Å². The number of aromatic nitrogens is 2. The van der Waals surface area contributed by atoms with E-state index in [0.717, 1.165) is 67.5 Å². The van der Waals surface area contributed by atoms with Crippen LogP contribution in [0.5, 0.6) is 0 Å². The van der Waals surface area contributed by atoms with E-state index in [2.05, 4.69) is 17.6 Å². The zero-order chi connectivity index (χ0) is 21.3. The van der Waals surface area contributed by atoms with Crippen molar-refractivity contribution >= 4 is 33.3 Å². The number of thiophene rings is 1. The largest absolute Gasteiger partial charge is 0.370 e. The number of carbonyl (C=O) groups is 1. The quantitative estimate of drug-likeness (QED) is 0.668. The molecule has 1 saturated heterocycles. The smallest absolute Gasteiger partial charge is 0.239 e. The summed E-state index contributed by atoms with van der Waals surface area (Å²) in [4.78, 5) is 26.2. The SMILES string of the molecule is C[C@H]1CCc2c(sc3nc(C[NH+]4CCOCC4)nc(NCC(=O)NC(C)(C)C)c23)C1. The summed E-state index contributed by atoms with van der Waals surface area (Å²) >= 11 is 1.81. The molecule has 1 aliphatic heterocycles. The van der Waals surface area contributed by atoms with Crippen LogP contribution in [0.1, 0.15) is 50.4 Å². The summed E-state index contributed by atoms with van der Waals surface area (Å²) in [6, 6.07) is 0. The Kier molecular flexibility index (Phi) is 6.27. The van der Waals surface area contributed by atoms with Gasteiger partial charge in [0.1, 0.15) is 30.3 Å². The topological polar surface area (TPSA) is 80.6 Å². The number of rotatable bonds is 5. The van der Waals surface area contributed by atoms with Crippen LogP contribution in [0.2, 0.25) is 0 Å². The third-order valence-corrected chi connectivity index (χ3v) is 6.89. The van der Waals surface area contributed by atoms with Gasteiger partial charge in [-0.15, -0.1) is 11.3 Å². The van der Waals surface area contributed by atoms with E-state index in [1.165, 1.54) is 21.8 Å². The molecule has 0 radical (unpaired) electrons. The van der Waals surface area contributed by atoms with Crippen LogP contribution in [0.15, 0.2) is 0 Å². The number of quaternary nitrogens is 1. The van der Waals surface area contributed by atoms with Crippen LogP contribution in [0.4, 0.5) is 5.82 Å². The van der Waals surface area contributed by atoms with E-state index < -0.39 is 0 Å². The van der Waals surface area contributed by atoms with Crippen molar-refractivity contribution in [3.8, 4) is 0 Å². The summed E-state index contributed by atoms with van der Waals surface area (Å²) in [5.41, 5.74) is 1.14. The van der Waals surface area contributed by atoms with E-state index in [4.69, 9.17) is 14.7 Å². The third-order valence-electron chi connectivity index (χ3n) is 5.74. The molecule has 0 saturated carbocycles. The number of fused-ring (bicyclic) bond motifs is 3. The number of nitrogens with one attached hydrogen (secondary N) is 3. The maximum Gasteiger partial charge on any atom is 0.239 e. The predicted molar refractivity (Wildman–Crippen MR) is 120 cm³/mol. The lowest BCUT2D eigenvalue weighted by atomic mass is 9.89. The zero-order valence-electron chi connectivity index (χ0n) is 18.6. The van der Waals surface area contributed by atoms with E-state index in [0.29, 0.717) is 5.92 Å². The summed E-state index contributed by atoms with van der Waals surface area (Å²) in [7, 11) is 0. The van der Waals surface area contributed by atoms with Crippen molar-refractivity contribution in [2.45, 2.75) is 59.0 Å². The molecule has 3 N–H and O–H groups in total. The fraction of sp³-hybridized carbons (Fsp3) is 0.682. The molecule has 1 aliphatic carbocycles. The molecule has 0 aromatic carbocycles. The minimum Gasteiger partial charge on any atom is -0.370 e. The van der Waals surface area contributed by atoms with E-state index >= 15 is 0 Å². The Morgan fingerprint density at radius 2 is 2.03 bits per heavy atom. The number of anilines is 1. The Morgan fingerprint density at radius 3 is 2.77 bits per heavy atom. The molecule has 0 bridgehead atoms. The van der Waals surface area contributed by atoms with E-state index in [1.54, 1.807) is 0 Å². The van der Waals surface area contributed by atoms with Crippen molar-refractivity contribution in [2.75, 3.05) is 38.2 Å². The molecule has 164 valence electrons. The van der Waals surface area contributed by atoms with Gasteiger partial charge in [0.25, 0.3) is 0 Å². The normalized spacial score (nSPS) is 20.2. The van der Waals surface area contributed by atoms with E-state index in [9.17, 15) is 4.79 Å².